The number of likely N-dealkylation sites (N-methyl/N-ethyl adjacent to an activating group) is 1. The number of likely N-dealkylation sites (tertiary alicyclic amines) is 1. The lowest BCUT2D eigenvalue weighted by Crippen LogP contribution is -2.46. The summed E-state index contributed by atoms with van der Waals surface area (Å²) in [6.07, 6.45) is 6.42. The Labute approximate surface area is 141 Å². The van der Waals surface area contributed by atoms with Gasteiger partial charge in [-0.25, -0.2) is 9.78 Å². The third-order valence-corrected chi connectivity index (χ3v) is 4.75. The summed E-state index contributed by atoms with van der Waals surface area (Å²) in [7, 11) is 1.56. The average molecular weight is 333 g/mol. The fourth-order valence-corrected chi connectivity index (χ4v) is 3.45. The zero-order valence-electron chi connectivity index (χ0n) is 14.1. The smallest absolute Gasteiger partial charge is 0.327 e. The molecular weight excluding hydrogens is 310 g/mol. The van der Waals surface area contributed by atoms with Gasteiger partial charge in [0, 0.05) is 45.0 Å². The molecule has 1 unspecified atom stereocenters. The van der Waals surface area contributed by atoms with Crippen LogP contribution in [0.3, 0.4) is 0 Å². The van der Waals surface area contributed by atoms with Gasteiger partial charge in [-0.05, 0) is 12.8 Å². The summed E-state index contributed by atoms with van der Waals surface area (Å²) in [5.41, 5.74) is 0. The van der Waals surface area contributed by atoms with Crippen molar-refractivity contribution in [3.05, 3.63) is 18.2 Å². The van der Waals surface area contributed by atoms with Crippen LogP contribution < -0.4 is 0 Å². The topological polar surface area (TPSA) is 78.8 Å². The molecule has 2 saturated heterocycles. The standard InChI is InChI=1S/C16H23N5O3/c1-3-13-17-6-8-19(13)9-12-5-4-7-20(12)15(23)11-21-14(22)10-18(2)16(21)24/h6,8,12H,3-5,7,9-11H2,1-2H3. The van der Waals surface area contributed by atoms with Crippen molar-refractivity contribution in [2.45, 2.75) is 38.8 Å². The summed E-state index contributed by atoms with van der Waals surface area (Å²) in [4.78, 5) is 44.9. The van der Waals surface area contributed by atoms with Crippen LogP contribution in [-0.2, 0) is 22.6 Å². The number of nitrogens with zero attached hydrogens (tertiary/aromatic N) is 5. The van der Waals surface area contributed by atoms with Crippen LogP contribution in [0.2, 0.25) is 0 Å². The van der Waals surface area contributed by atoms with Crippen molar-refractivity contribution in [2.75, 3.05) is 26.7 Å². The first-order valence-corrected chi connectivity index (χ1v) is 8.36. The molecule has 3 heterocycles. The van der Waals surface area contributed by atoms with E-state index in [4.69, 9.17) is 0 Å². The summed E-state index contributed by atoms with van der Waals surface area (Å²) in [5.74, 6) is 0.531. The monoisotopic (exact) mass is 333 g/mol. The number of hydrogen-bond donors (Lipinski definition) is 0. The van der Waals surface area contributed by atoms with E-state index in [9.17, 15) is 14.4 Å². The largest absolute Gasteiger partial charge is 0.336 e. The maximum absolute atomic E-state index is 12.6. The quantitative estimate of drug-likeness (QED) is 0.728. The fraction of sp³-hybridized carbons (Fsp3) is 0.625. The van der Waals surface area contributed by atoms with Gasteiger partial charge in [0.1, 0.15) is 18.9 Å². The van der Waals surface area contributed by atoms with Crippen LogP contribution in [0, 0.1) is 0 Å². The maximum atomic E-state index is 12.6. The molecule has 1 aromatic heterocycles. The van der Waals surface area contributed by atoms with Gasteiger partial charge >= 0.3 is 6.03 Å². The lowest BCUT2D eigenvalue weighted by molar-refractivity contribution is -0.137. The van der Waals surface area contributed by atoms with Crippen molar-refractivity contribution in [3.8, 4) is 0 Å². The molecule has 8 heteroatoms. The maximum Gasteiger partial charge on any atom is 0.327 e. The third kappa shape index (κ3) is 3.00. The molecule has 0 N–H and O–H groups in total. The number of aryl methyl sites for hydroxylation is 1. The van der Waals surface area contributed by atoms with Gasteiger partial charge in [0.15, 0.2) is 0 Å². The van der Waals surface area contributed by atoms with Crippen LogP contribution >= 0.6 is 0 Å². The van der Waals surface area contributed by atoms with Crippen LogP contribution in [0.25, 0.3) is 0 Å². The van der Waals surface area contributed by atoms with E-state index in [0.717, 1.165) is 30.0 Å². The fourth-order valence-electron chi connectivity index (χ4n) is 3.45. The molecule has 2 aliphatic rings. The van der Waals surface area contributed by atoms with Crippen LogP contribution in [0.4, 0.5) is 4.79 Å². The molecule has 24 heavy (non-hydrogen) atoms. The van der Waals surface area contributed by atoms with Crippen LogP contribution in [-0.4, -0.2) is 74.8 Å². The highest BCUT2D eigenvalue weighted by atomic mass is 16.2. The molecule has 130 valence electrons. The van der Waals surface area contributed by atoms with Gasteiger partial charge in [-0.1, -0.05) is 6.92 Å². The number of rotatable bonds is 5. The normalized spacial score (nSPS) is 21.2. The number of amides is 4. The Morgan fingerprint density at radius 3 is 2.83 bits per heavy atom. The number of carbonyl (C=O) groups excluding carboxylic acids is 3. The molecule has 0 aromatic carbocycles. The van der Waals surface area contributed by atoms with Gasteiger partial charge in [0.05, 0.1) is 0 Å². The molecule has 0 radical (unpaired) electrons. The van der Waals surface area contributed by atoms with Crippen molar-refractivity contribution in [1.82, 2.24) is 24.3 Å². The number of aromatic nitrogens is 2. The van der Waals surface area contributed by atoms with E-state index in [1.165, 1.54) is 4.90 Å². The predicted octanol–water partition coefficient (Wildman–Crippen LogP) is 0.331. The van der Waals surface area contributed by atoms with E-state index in [0.29, 0.717) is 13.1 Å². The number of imidazole rings is 1. The first kappa shape index (κ1) is 16.5. The van der Waals surface area contributed by atoms with E-state index >= 15 is 0 Å². The summed E-state index contributed by atoms with van der Waals surface area (Å²) < 4.78 is 2.08. The number of urea groups is 1. The van der Waals surface area contributed by atoms with Crippen LogP contribution in [0.15, 0.2) is 12.4 Å². The van der Waals surface area contributed by atoms with E-state index in [2.05, 4.69) is 16.5 Å². The minimum absolute atomic E-state index is 0.0461. The van der Waals surface area contributed by atoms with Crippen molar-refractivity contribution in [2.24, 2.45) is 0 Å². The molecule has 2 fully saturated rings. The van der Waals surface area contributed by atoms with Crippen LogP contribution in [0.1, 0.15) is 25.6 Å². The molecule has 8 nitrogen and oxygen atoms in total. The molecule has 1 atom stereocenters. The molecule has 0 bridgehead atoms. The van der Waals surface area contributed by atoms with Crippen molar-refractivity contribution < 1.29 is 14.4 Å². The van der Waals surface area contributed by atoms with Gasteiger partial charge < -0.3 is 14.4 Å². The first-order valence-electron chi connectivity index (χ1n) is 8.36. The van der Waals surface area contributed by atoms with Crippen molar-refractivity contribution in [3.63, 3.8) is 0 Å². The van der Waals surface area contributed by atoms with Gasteiger partial charge in [-0.15, -0.1) is 0 Å². The van der Waals surface area contributed by atoms with E-state index in [1.807, 2.05) is 6.20 Å². The minimum atomic E-state index is -0.396. The highest BCUT2D eigenvalue weighted by Crippen LogP contribution is 2.21. The van der Waals surface area contributed by atoms with Gasteiger partial charge in [-0.3, -0.25) is 14.5 Å². The molecular formula is C16H23N5O3. The minimum Gasteiger partial charge on any atom is -0.336 e. The zero-order valence-corrected chi connectivity index (χ0v) is 14.1. The number of hydrogen-bond acceptors (Lipinski definition) is 4. The predicted molar refractivity (Wildman–Crippen MR) is 86.1 cm³/mol. The highest BCUT2D eigenvalue weighted by molar-refractivity contribution is 6.04. The molecule has 0 saturated carbocycles. The molecule has 0 aliphatic carbocycles. The Kier molecular flexibility index (Phi) is 4.55. The molecule has 4 amide bonds. The Morgan fingerprint density at radius 1 is 1.38 bits per heavy atom. The lowest BCUT2D eigenvalue weighted by Gasteiger charge is -2.27. The molecule has 1 aromatic rings. The van der Waals surface area contributed by atoms with E-state index in [1.54, 1.807) is 18.1 Å². The van der Waals surface area contributed by atoms with Gasteiger partial charge in [0.25, 0.3) is 5.91 Å². The van der Waals surface area contributed by atoms with Gasteiger partial charge in [0.2, 0.25) is 5.91 Å². The lowest BCUT2D eigenvalue weighted by atomic mass is 10.2. The van der Waals surface area contributed by atoms with Crippen LogP contribution in [0.5, 0.6) is 0 Å². The molecule has 2 aliphatic heterocycles. The second-order valence-corrected chi connectivity index (χ2v) is 6.35. The molecule has 0 spiro atoms. The number of imide groups is 1. The Bertz CT molecular complexity index is 656. The summed E-state index contributed by atoms with van der Waals surface area (Å²) in [6.45, 7) is 3.31. The first-order chi connectivity index (χ1) is 11.5. The summed E-state index contributed by atoms with van der Waals surface area (Å²) >= 11 is 0. The molecule has 3 rings (SSSR count). The van der Waals surface area contributed by atoms with Crippen molar-refractivity contribution >= 4 is 17.8 Å². The Hall–Kier alpha value is -2.38. The SMILES string of the molecule is CCc1nccn1CC1CCCN1C(=O)CN1C(=O)CN(C)C1=O. The van der Waals surface area contributed by atoms with E-state index in [-0.39, 0.29) is 30.9 Å². The highest BCUT2D eigenvalue weighted by Gasteiger charge is 2.37. The summed E-state index contributed by atoms with van der Waals surface area (Å²) in [5, 5.41) is 0. The summed E-state index contributed by atoms with van der Waals surface area (Å²) in [6, 6.07) is -0.311. The average Bonchev–Trinajstić information content (AvgIpc) is 3.25. The van der Waals surface area contributed by atoms with E-state index < -0.39 is 6.03 Å². The Morgan fingerprint density at radius 2 is 2.17 bits per heavy atom. The zero-order chi connectivity index (χ0) is 17.3. The van der Waals surface area contributed by atoms with Crippen molar-refractivity contribution in [1.29, 1.82) is 0 Å². The second kappa shape index (κ2) is 6.62. The third-order valence-electron chi connectivity index (χ3n) is 4.75. The van der Waals surface area contributed by atoms with Gasteiger partial charge in [-0.2, -0.15) is 0 Å². The number of carbonyl (C=O) groups is 3. The second-order valence-electron chi connectivity index (χ2n) is 6.35. The Balaban J connectivity index is 1.66.